The first-order chi connectivity index (χ1) is 19.4. The number of likely N-dealkylation sites (N-methyl/N-ethyl adjacent to an activating group) is 1. The molecule has 0 bridgehead atoms. The largest absolute Gasteiger partial charge is 0.416 e. The molecule has 1 aliphatic heterocycles. The van der Waals surface area contributed by atoms with Crippen LogP contribution in [0.25, 0.3) is 11.1 Å². The summed E-state index contributed by atoms with van der Waals surface area (Å²) >= 11 is 0. The van der Waals surface area contributed by atoms with Gasteiger partial charge in [0, 0.05) is 38.3 Å². The predicted octanol–water partition coefficient (Wildman–Crippen LogP) is 6.97. The molecule has 2 heterocycles. The van der Waals surface area contributed by atoms with Crippen LogP contribution in [0.4, 0.5) is 42.2 Å². The van der Waals surface area contributed by atoms with E-state index in [9.17, 15) is 35.5 Å². The van der Waals surface area contributed by atoms with Crippen LogP contribution in [0.5, 0.6) is 0 Å². The van der Waals surface area contributed by atoms with Gasteiger partial charge < -0.3 is 15.1 Å². The Hall–Kier alpha value is -3.67. The molecule has 1 saturated heterocycles. The fourth-order valence-electron chi connectivity index (χ4n) is 5.13. The number of benzene rings is 2. The number of aryl methyl sites for hydroxylation is 1. The summed E-state index contributed by atoms with van der Waals surface area (Å²) in [7, 11) is 1.38. The van der Waals surface area contributed by atoms with Crippen molar-refractivity contribution in [3.63, 3.8) is 0 Å². The summed E-state index contributed by atoms with van der Waals surface area (Å²) in [6.45, 7) is 8.31. The minimum Gasteiger partial charge on any atom is -0.354 e. The van der Waals surface area contributed by atoms with Crippen LogP contribution in [-0.4, -0.2) is 43.6 Å². The molecule has 1 N–H and O–H groups in total. The molecule has 226 valence electrons. The molecule has 3 aromatic rings. The van der Waals surface area contributed by atoms with Crippen LogP contribution in [0.3, 0.4) is 0 Å². The van der Waals surface area contributed by atoms with Crippen molar-refractivity contribution in [3.8, 4) is 11.1 Å². The number of nitrogens with zero attached hydrogens (tertiary/aromatic N) is 3. The zero-order chi connectivity index (χ0) is 31.2. The summed E-state index contributed by atoms with van der Waals surface area (Å²) in [5, 5.41) is 3.34. The average Bonchev–Trinajstić information content (AvgIpc) is 2.90. The minimum atomic E-state index is -5.06. The van der Waals surface area contributed by atoms with Crippen molar-refractivity contribution in [1.29, 1.82) is 0 Å². The van der Waals surface area contributed by atoms with Crippen molar-refractivity contribution in [2.75, 3.05) is 36.5 Å². The van der Waals surface area contributed by atoms with Crippen molar-refractivity contribution >= 4 is 17.4 Å². The Kier molecular flexibility index (Phi) is 8.34. The van der Waals surface area contributed by atoms with Gasteiger partial charge in [0.15, 0.2) is 0 Å². The van der Waals surface area contributed by atoms with Gasteiger partial charge >= 0.3 is 12.4 Å². The lowest BCUT2D eigenvalue weighted by atomic mass is 9.81. The van der Waals surface area contributed by atoms with Gasteiger partial charge in [-0.2, -0.15) is 26.3 Å². The first kappa shape index (κ1) is 31.3. The summed E-state index contributed by atoms with van der Waals surface area (Å²) in [6, 6.07) is 7.28. The average molecular weight is 597 g/mol. The highest BCUT2D eigenvalue weighted by Crippen LogP contribution is 2.41. The van der Waals surface area contributed by atoms with Crippen molar-refractivity contribution < 1.29 is 35.5 Å². The van der Waals surface area contributed by atoms with E-state index >= 15 is 0 Å². The molecule has 2 aromatic carbocycles. The van der Waals surface area contributed by atoms with Crippen molar-refractivity contribution in [3.05, 3.63) is 76.7 Å². The maximum Gasteiger partial charge on any atom is 0.416 e. The molecule has 1 aliphatic rings. The van der Waals surface area contributed by atoms with E-state index in [0.29, 0.717) is 47.7 Å². The van der Waals surface area contributed by atoms with Crippen LogP contribution in [0.15, 0.2) is 48.7 Å². The Morgan fingerprint density at radius 2 is 1.55 bits per heavy atom. The molecule has 1 fully saturated rings. The van der Waals surface area contributed by atoms with E-state index in [2.05, 4.69) is 15.2 Å². The number of halogens is 7. The molecule has 0 aliphatic carbocycles. The number of carbonyl (C=O) groups is 1. The van der Waals surface area contributed by atoms with Gasteiger partial charge in [0.2, 0.25) is 5.91 Å². The molecule has 12 heteroatoms. The molecular weight excluding hydrogens is 565 g/mol. The summed E-state index contributed by atoms with van der Waals surface area (Å²) in [4.78, 5) is 21.7. The topological polar surface area (TPSA) is 48.5 Å². The summed E-state index contributed by atoms with van der Waals surface area (Å²) in [6.07, 6.45) is -8.67. The Labute approximate surface area is 239 Å². The number of hydrogen-bond acceptors (Lipinski definition) is 4. The third kappa shape index (κ3) is 6.38. The fourth-order valence-corrected chi connectivity index (χ4v) is 5.13. The summed E-state index contributed by atoms with van der Waals surface area (Å²) in [5.41, 5.74) is -3.33. The van der Waals surface area contributed by atoms with Crippen molar-refractivity contribution in [2.45, 2.75) is 51.5 Å². The van der Waals surface area contributed by atoms with Crippen LogP contribution in [-0.2, 0) is 22.6 Å². The number of anilines is 2. The molecular formula is C30H31F7N4O. The second-order valence-corrected chi connectivity index (χ2v) is 11.1. The molecule has 1 unspecified atom stereocenters. The monoisotopic (exact) mass is 596 g/mol. The van der Waals surface area contributed by atoms with E-state index in [4.69, 9.17) is 0 Å². The number of piperazine rings is 1. The summed E-state index contributed by atoms with van der Waals surface area (Å²) in [5.74, 6) is -0.612. The summed E-state index contributed by atoms with van der Waals surface area (Å²) < 4.78 is 95.4. The third-order valence-corrected chi connectivity index (χ3v) is 7.55. The van der Waals surface area contributed by atoms with Gasteiger partial charge in [0.1, 0.15) is 11.6 Å². The third-order valence-electron chi connectivity index (χ3n) is 7.55. The van der Waals surface area contributed by atoms with E-state index in [1.54, 1.807) is 19.1 Å². The highest BCUT2D eigenvalue weighted by atomic mass is 19.4. The number of alkyl halides is 6. The van der Waals surface area contributed by atoms with Gasteiger partial charge in [-0.05, 0) is 80.8 Å². The number of amides is 1. The van der Waals surface area contributed by atoms with Gasteiger partial charge in [-0.1, -0.05) is 6.07 Å². The number of carbonyl (C=O) groups excluding carboxylic acids is 1. The number of hydrogen-bond donors (Lipinski definition) is 1. The first-order valence-electron chi connectivity index (χ1n) is 13.2. The van der Waals surface area contributed by atoms with Gasteiger partial charge in [-0.25, -0.2) is 9.37 Å². The smallest absolute Gasteiger partial charge is 0.354 e. The van der Waals surface area contributed by atoms with Crippen molar-refractivity contribution in [2.24, 2.45) is 0 Å². The number of rotatable bonds is 5. The quantitative estimate of drug-likeness (QED) is 0.323. The van der Waals surface area contributed by atoms with E-state index in [0.717, 1.165) is 6.54 Å². The Morgan fingerprint density at radius 3 is 2.10 bits per heavy atom. The SMILES string of the molecule is Cc1cc(F)ccc1-c1cc(N2CCNC(C)C2)ncc1N(C)C(=O)C(C)(C)c1cc(C(F)(F)F)cc(C(F)(F)F)c1. The number of nitrogens with one attached hydrogen (secondary N) is 1. The molecule has 0 spiro atoms. The fraction of sp³-hybridized carbons (Fsp3) is 0.400. The highest BCUT2D eigenvalue weighted by molar-refractivity contribution is 6.03. The van der Waals surface area contributed by atoms with Crippen LogP contribution >= 0.6 is 0 Å². The zero-order valence-electron chi connectivity index (χ0n) is 23.7. The van der Waals surface area contributed by atoms with Crippen LogP contribution in [0.2, 0.25) is 0 Å². The molecule has 1 aromatic heterocycles. The lowest BCUT2D eigenvalue weighted by Gasteiger charge is -2.34. The van der Waals surface area contributed by atoms with E-state index in [1.807, 2.05) is 6.92 Å². The standard InChI is InChI=1S/C30H31F7N4O/c1-17-10-22(31)6-7-23(17)24-14-26(41-9-8-38-18(2)16-41)39-15-25(24)40(5)27(42)28(3,4)19-11-20(29(32,33)34)13-21(12-19)30(35,36)37/h6-7,10-15,18,38H,8-9,16H2,1-5H3. The van der Waals surface area contributed by atoms with Gasteiger partial charge in [0.05, 0.1) is 28.4 Å². The lowest BCUT2D eigenvalue weighted by molar-refractivity contribution is -0.143. The lowest BCUT2D eigenvalue weighted by Crippen LogP contribution is -2.49. The maximum atomic E-state index is 14.0. The van der Waals surface area contributed by atoms with Gasteiger partial charge in [-0.3, -0.25) is 4.79 Å². The molecule has 42 heavy (non-hydrogen) atoms. The predicted molar refractivity (Wildman–Crippen MR) is 147 cm³/mol. The van der Waals surface area contributed by atoms with Crippen molar-refractivity contribution in [1.82, 2.24) is 10.3 Å². The van der Waals surface area contributed by atoms with Gasteiger partial charge in [0.25, 0.3) is 0 Å². The zero-order valence-corrected chi connectivity index (χ0v) is 23.7. The Bertz CT molecular complexity index is 1450. The van der Waals surface area contributed by atoms with Gasteiger partial charge in [-0.15, -0.1) is 0 Å². The molecule has 5 nitrogen and oxygen atoms in total. The van der Waals surface area contributed by atoms with E-state index < -0.39 is 46.2 Å². The first-order valence-corrected chi connectivity index (χ1v) is 13.2. The maximum absolute atomic E-state index is 14.0. The van der Waals surface area contributed by atoms with E-state index in [-0.39, 0.29) is 17.8 Å². The number of aromatic nitrogens is 1. The van der Waals surface area contributed by atoms with Crippen LogP contribution in [0.1, 0.15) is 43.0 Å². The second kappa shape index (κ2) is 11.2. The molecule has 1 amide bonds. The van der Waals surface area contributed by atoms with Crippen LogP contribution in [0, 0.1) is 12.7 Å². The number of pyridine rings is 1. The minimum absolute atomic E-state index is 0.0306. The molecule has 1 atom stereocenters. The second-order valence-electron chi connectivity index (χ2n) is 11.1. The van der Waals surface area contributed by atoms with Crippen LogP contribution < -0.4 is 15.1 Å². The molecule has 4 rings (SSSR count). The highest BCUT2D eigenvalue weighted by Gasteiger charge is 2.41. The van der Waals surface area contributed by atoms with E-state index in [1.165, 1.54) is 44.1 Å². The Balaban J connectivity index is 1.82. The molecule has 0 saturated carbocycles. The molecule has 0 radical (unpaired) electrons. The normalized spacial score (nSPS) is 16.5. The Morgan fingerprint density at radius 1 is 0.952 bits per heavy atom.